The van der Waals surface area contributed by atoms with Crippen LogP contribution in [0, 0.1) is 0 Å². The monoisotopic (exact) mass is 436 g/mol. The van der Waals surface area contributed by atoms with Gasteiger partial charge in [0.2, 0.25) is 5.91 Å². The molecule has 1 atom stereocenters. The number of para-hydroxylation sites is 3. The summed E-state index contributed by atoms with van der Waals surface area (Å²) in [5.74, 6) is 1.12. The van der Waals surface area contributed by atoms with Gasteiger partial charge in [0.15, 0.2) is 0 Å². The van der Waals surface area contributed by atoms with Gasteiger partial charge in [-0.15, -0.1) is 11.3 Å². The van der Waals surface area contributed by atoms with Crippen molar-refractivity contribution < 1.29 is 9.53 Å². The molecule has 7 heteroatoms. The van der Waals surface area contributed by atoms with E-state index in [0.29, 0.717) is 6.54 Å². The molecule has 1 unspecified atom stereocenters. The molecule has 0 N–H and O–H groups in total. The number of rotatable bonds is 5. The second-order valence-corrected chi connectivity index (χ2v) is 9.25. The average molecular weight is 437 g/mol. The fourth-order valence-corrected chi connectivity index (χ4v) is 5.83. The Labute approximate surface area is 187 Å². The third-order valence-electron chi connectivity index (χ3n) is 6.36. The van der Waals surface area contributed by atoms with E-state index in [2.05, 4.69) is 34.1 Å². The first kappa shape index (κ1) is 20.3. The SMILES string of the molecule is COc1ccccc1N1CCN(C(=O)CN2CCCC2c2nc3ccccc3s2)CC1. The molecule has 6 nitrogen and oxygen atoms in total. The van der Waals surface area contributed by atoms with Gasteiger partial charge in [-0.25, -0.2) is 4.98 Å². The Morgan fingerprint density at radius 1 is 1.06 bits per heavy atom. The van der Waals surface area contributed by atoms with Crippen LogP contribution in [-0.4, -0.2) is 67.1 Å². The summed E-state index contributed by atoms with van der Waals surface area (Å²) in [7, 11) is 1.70. The minimum Gasteiger partial charge on any atom is -0.495 e. The number of piperazine rings is 1. The zero-order valence-corrected chi connectivity index (χ0v) is 18.7. The van der Waals surface area contributed by atoms with Gasteiger partial charge in [0, 0.05) is 26.2 Å². The fraction of sp³-hybridized carbons (Fsp3) is 0.417. The number of amides is 1. The summed E-state index contributed by atoms with van der Waals surface area (Å²) in [6.07, 6.45) is 2.20. The van der Waals surface area contributed by atoms with Crippen molar-refractivity contribution in [1.29, 1.82) is 0 Å². The largest absolute Gasteiger partial charge is 0.495 e. The molecule has 0 bridgehead atoms. The molecule has 0 aliphatic carbocycles. The van der Waals surface area contributed by atoms with Crippen LogP contribution in [-0.2, 0) is 4.79 Å². The summed E-state index contributed by atoms with van der Waals surface area (Å²) in [6.45, 7) is 4.59. The van der Waals surface area contributed by atoms with Crippen LogP contribution >= 0.6 is 11.3 Å². The molecule has 0 saturated carbocycles. The lowest BCUT2D eigenvalue weighted by atomic mass is 10.2. The number of nitrogens with zero attached hydrogens (tertiary/aromatic N) is 4. The van der Waals surface area contributed by atoms with E-state index in [0.717, 1.165) is 67.5 Å². The van der Waals surface area contributed by atoms with Crippen LogP contribution in [0.4, 0.5) is 5.69 Å². The predicted molar refractivity (Wildman–Crippen MR) is 125 cm³/mol. The molecule has 5 rings (SSSR count). The molecule has 0 radical (unpaired) electrons. The molecule has 0 spiro atoms. The third kappa shape index (κ3) is 4.12. The molecule has 2 saturated heterocycles. The summed E-state index contributed by atoms with van der Waals surface area (Å²) in [6, 6.07) is 16.6. The van der Waals surface area contributed by atoms with Crippen molar-refractivity contribution in [3.63, 3.8) is 0 Å². The Bertz CT molecular complexity index is 1030. The number of carbonyl (C=O) groups is 1. The second kappa shape index (κ2) is 8.85. The van der Waals surface area contributed by atoms with Crippen molar-refractivity contribution in [1.82, 2.24) is 14.8 Å². The summed E-state index contributed by atoms with van der Waals surface area (Å²) >= 11 is 1.77. The third-order valence-corrected chi connectivity index (χ3v) is 7.49. The highest BCUT2D eigenvalue weighted by Crippen LogP contribution is 2.36. The maximum Gasteiger partial charge on any atom is 0.236 e. The average Bonchev–Trinajstić information content (AvgIpc) is 3.45. The first-order valence-electron chi connectivity index (χ1n) is 11.0. The summed E-state index contributed by atoms with van der Waals surface area (Å²) in [5.41, 5.74) is 2.17. The van der Waals surface area contributed by atoms with Crippen LogP contribution in [0.2, 0.25) is 0 Å². The smallest absolute Gasteiger partial charge is 0.236 e. The Hall–Kier alpha value is -2.64. The maximum absolute atomic E-state index is 13.1. The summed E-state index contributed by atoms with van der Waals surface area (Å²) < 4.78 is 6.73. The van der Waals surface area contributed by atoms with Gasteiger partial charge in [0.25, 0.3) is 0 Å². The quantitative estimate of drug-likeness (QED) is 0.609. The van der Waals surface area contributed by atoms with Gasteiger partial charge in [-0.3, -0.25) is 9.69 Å². The number of ether oxygens (including phenoxy) is 1. The van der Waals surface area contributed by atoms with Gasteiger partial charge < -0.3 is 14.5 Å². The molecule has 1 amide bonds. The molecule has 3 aromatic rings. The van der Waals surface area contributed by atoms with Crippen LogP contribution in [0.3, 0.4) is 0 Å². The first-order valence-corrected chi connectivity index (χ1v) is 11.8. The first-order chi connectivity index (χ1) is 15.2. The minimum absolute atomic E-state index is 0.229. The van der Waals surface area contributed by atoms with Gasteiger partial charge in [0.05, 0.1) is 35.6 Å². The molecule has 3 heterocycles. The van der Waals surface area contributed by atoms with Crippen LogP contribution in [0.15, 0.2) is 48.5 Å². The maximum atomic E-state index is 13.1. The normalized spacial score (nSPS) is 19.8. The Morgan fingerprint density at radius 2 is 1.84 bits per heavy atom. The number of carbonyl (C=O) groups excluding carboxylic acids is 1. The van der Waals surface area contributed by atoms with Crippen molar-refractivity contribution in [2.24, 2.45) is 0 Å². The summed E-state index contributed by atoms with van der Waals surface area (Å²) in [5, 5.41) is 1.15. The number of aromatic nitrogens is 1. The number of hydrogen-bond donors (Lipinski definition) is 0. The number of thiazole rings is 1. The Morgan fingerprint density at radius 3 is 2.65 bits per heavy atom. The predicted octanol–water partition coefficient (Wildman–Crippen LogP) is 3.79. The lowest BCUT2D eigenvalue weighted by Crippen LogP contribution is -2.51. The van der Waals surface area contributed by atoms with E-state index >= 15 is 0 Å². The molecule has 162 valence electrons. The lowest BCUT2D eigenvalue weighted by molar-refractivity contribution is -0.133. The van der Waals surface area contributed by atoms with Crippen LogP contribution in [0.25, 0.3) is 10.2 Å². The number of hydrogen-bond acceptors (Lipinski definition) is 6. The van der Waals surface area contributed by atoms with Gasteiger partial charge in [-0.05, 0) is 43.7 Å². The number of likely N-dealkylation sites (tertiary alicyclic amines) is 1. The minimum atomic E-state index is 0.229. The van der Waals surface area contributed by atoms with Crippen molar-refractivity contribution in [2.45, 2.75) is 18.9 Å². The highest BCUT2D eigenvalue weighted by molar-refractivity contribution is 7.18. The fourth-order valence-electron chi connectivity index (χ4n) is 4.69. The molecule has 1 aromatic heterocycles. The van der Waals surface area contributed by atoms with E-state index in [1.807, 2.05) is 29.2 Å². The van der Waals surface area contributed by atoms with Crippen molar-refractivity contribution in [2.75, 3.05) is 51.3 Å². The van der Waals surface area contributed by atoms with Crippen molar-refractivity contribution >= 4 is 33.1 Å². The zero-order valence-electron chi connectivity index (χ0n) is 17.9. The summed E-state index contributed by atoms with van der Waals surface area (Å²) in [4.78, 5) is 24.6. The van der Waals surface area contributed by atoms with Gasteiger partial charge in [-0.2, -0.15) is 0 Å². The van der Waals surface area contributed by atoms with Gasteiger partial charge in [0.1, 0.15) is 10.8 Å². The Kier molecular flexibility index (Phi) is 5.78. The number of anilines is 1. The van der Waals surface area contributed by atoms with E-state index in [4.69, 9.17) is 9.72 Å². The molecule has 2 fully saturated rings. The van der Waals surface area contributed by atoms with E-state index < -0.39 is 0 Å². The van der Waals surface area contributed by atoms with Gasteiger partial charge >= 0.3 is 0 Å². The van der Waals surface area contributed by atoms with E-state index in [9.17, 15) is 4.79 Å². The van der Waals surface area contributed by atoms with Gasteiger partial charge in [-0.1, -0.05) is 24.3 Å². The number of methoxy groups -OCH3 is 1. The standard InChI is InChI=1S/C24H28N4O2S/c1-30-21-10-4-3-8-19(21)26-13-15-27(16-14-26)23(29)17-28-12-6-9-20(28)24-25-18-7-2-5-11-22(18)31-24/h2-5,7-8,10-11,20H,6,9,12-17H2,1H3. The molecule has 2 aliphatic rings. The second-order valence-electron chi connectivity index (χ2n) is 8.19. The highest BCUT2D eigenvalue weighted by Gasteiger charge is 2.32. The van der Waals surface area contributed by atoms with Crippen LogP contribution in [0.5, 0.6) is 5.75 Å². The van der Waals surface area contributed by atoms with E-state index in [1.165, 1.54) is 4.70 Å². The molecular weight excluding hydrogens is 408 g/mol. The molecular formula is C24H28N4O2S. The van der Waals surface area contributed by atoms with E-state index in [-0.39, 0.29) is 11.9 Å². The number of benzene rings is 2. The number of fused-ring (bicyclic) bond motifs is 1. The highest BCUT2D eigenvalue weighted by atomic mass is 32.1. The van der Waals surface area contributed by atoms with Crippen molar-refractivity contribution in [3.05, 3.63) is 53.5 Å². The van der Waals surface area contributed by atoms with Crippen molar-refractivity contribution in [3.8, 4) is 5.75 Å². The Balaban J connectivity index is 1.21. The van der Waals surface area contributed by atoms with Crippen LogP contribution in [0.1, 0.15) is 23.9 Å². The van der Waals surface area contributed by atoms with Crippen LogP contribution < -0.4 is 9.64 Å². The van der Waals surface area contributed by atoms with E-state index in [1.54, 1.807) is 18.4 Å². The molecule has 2 aromatic carbocycles. The topological polar surface area (TPSA) is 48.9 Å². The molecule has 31 heavy (non-hydrogen) atoms. The molecule has 2 aliphatic heterocycles. The lowest BCUT2D eigenvalue weighted by Gasteiger charge is -2.37. The zero-order chi connectivity index (χ0) is 21.2.